The zero-order valence-corrected chi connectivity index (χ0v) is 20.4. The van der Waals surface area contributed by atoms with Crippen molar-refractivity contribution in [2.24, 2.45) is 0 Å². The molecule has 0 aromatic heterocycles. The van der Waals surface area contributed by atoms with Gasteiger partial charge in [-0.1, -0.05) is 25.1 Å². The Labute approximate surface area is 208 Å². The summed E-state index contributed by atoms with van der Waals surface area (Å²) in [7, 11) is 0. The Morgan fingerprint density at radius 1 is 0.833 bits per heavy atom. The number of benzene rings is 3. The lowest BCUT2D eigenvalue weighted by molar-refractivity contribution is 0.0609. The number of nitrogens with one attached hydrogen (secondary N) is 1. The molecule has 3 aromatic carbocycles. The van der Waals surface area contributed by atoms with Crippen molar-refractivity contribution in [3.8, 4) is 0 Å². The molecule has 0 fully saturated rings. The van der Waals surface area contributed by atoms with E-state index in [0.717, 1.165) is 16.0 Å². The zero-order valence-electron chi connectivity index (χ0n) is 20.4. The Morgan fingerprint density at radius 2 is 1.36 bits per heavy atom. The SMILES string of the molecule is CCc1cccc(C)c1N1C(=O)c2ccc3c4c(ccc(c24)C1=O)C(=O)N(CCNCC(C)O)C3=O. The number of aliphatic hydroxyl groups is 1. The van der Waals surface area contributed by atoms with Crippen molar-refractivity contribution in [1.29, 1.82) is 0 Å². The van der Waals surface area contributed by atoms with Crippen LogP contribution < -0.4 is 10.2 Å². The van der Waals surface area contributed by atoms with Gasteiger partial charge in [-0.2, -0.15) is 0 Å². The van der Waals surface area contributed by atoms with Crippen LogP contribution in [0, 0.1) is 6.92 Å². The van der Waals surface area contributed by atoms with Crippen molar-refractivity contribution in [3.63, 3.8) is 0 Å². The molecule has 2 heterocycles. The molecule has 0 saturated carbocycles. The summed E-state index contributed by atoms with van der Waals surface area (Å²) in [5.74, 6) is -1.87. The van der Waals surface area contributed by atoms with Gasteiger partial charge in [-0.25, -0.2) is 4.90 Å². The van der Waals surface area contributed by atoms with Gasteiger partial charge in [0.2, 0.25) is 0 Å². The Hall–Kier alpha value is -3.88. The van der Waals surface area contributed by atoms with E-state index in [1.54, 1.807) is 31.2 Å². The molecule has 1 unspecified atom stereocenters. The summed E-state index contributed by atoms with van der Waals surface area (Å²) in [6.07, 6.45) is 0.108. The van der Waals surface area contributed by atoms with Crippen LogP contribution in [-0.2, 0) is 6.42 Å². The standard InChI is InChI=1S/C28H27N3O5/c1-4-17-7-5-6-15(2)24(17)31-27(35)20-10-8-18-22-19(9-11-21(23(20)22)28(31)36)26(34)30(25(18)33)13-12-29-14-16(3)32/h5-11,16,29,32H,4,12-14H2,1-3H3. The molecule has 2 N–H and O–H groups in total. The summed E-state index contributed by atoms with van der Waals surface area (Å²) in [4.78, 5) is 56.4. The number of rotatable bonds is 7. The lowest BCUT2D eigenvalue weighted by Crippen LogP contribution is -2.45. The number of carbonyl (C=O) groups excluding carboxylic acids is 4. The highest BCUT2D eigenvalue weighted by Gasteiger charge is 2.40. The largest absolute Gasteiger partial charge is 0.392 e. The predicted octanol–water partition coefficient (Wildman–Crippen LogP) is 3.08. The van der Waals surface area contributed by atoms with Gasteiger partial charge >= 0.3 is 0 Å². The number of nitrogens with zero attached hydrogens (tertiary/aromatic N) is 2. The summed E-state index contributed by atoms with van der Waals surface area (Å²) in [6.45, 7) is 6.29. The van der Waals surface area contributed by atoms with Crippen LogP contribution in [0.4, 0.5) is 5.69 Å². The topological polar surface area (TPSA) is 107 Å². The molecule has 0 radical (unpaired) electrons. The number of hydrogen-bond acceptors (Lipinski definition) is 6. The van der Waals surface area contributed by atoms with Gasteiger partial charge in [0.05, 0.1) is 11.8 Å². The lowest BCUT2D eigenvalue weighted by atomic mass is 9.85. The van der Waals surface area contributed by atoms with Crippen LogP contribution in [0.1, 0.15) is 66.4 Å². The van der Waals surface area contributed by atoms with E-state index in [1.165, 1.54) is 4.90 Å². The highest BCUT2D eigenvalue weighted by Crippen LogP contribution is 2.40. The van der Waals surface area contributed by atoms with Crippen LogP contribution in [0.15, 0.2) is 42.5 Å². The monoisotopic (exact) mass is 485 g/mol. The molecule has 36 heavy (non-hydrogen) atoms. The molecule has 8 nitrogen and oxygen atoms in total. The third-order valence-electron chi connectivity index (χ3n) is 6.86. The Balaban J connectivity index is 1.60. The third-order valence-corrected chi connectivity index (χ3v) is 6.86. The maximum absolute atomic E-state index is 13.7. The number of aliphatic hydroxyl groups excluding tert-OH is 1. The van der Waals surface area contributed by atoms with Crippen molar-refractivity contribution in [3.05, 3.63) is 75.8 Å². The van der Waals surface area contributed by atoms with E-state index in [-0.39, 0.29) is 6.54 Å². The Morgan fingerprint density at radius 3 is 1.86 bits per heavy atom. The molecule has 4 amide bonds. The fourth-order valence-corrected chi connectivity index (χ4v) is 5.16. The highest BCUT2D eigenvalue weighted by molar-refractivity contribution is 6.39. The quantitative estimate of drug-likeness (QED) is 0.394. The van der Waals surface area contributed by atoms with E-state index < -0.39 is 29.7 Å². The van der Waals surface area contributed by atoms with Crippen molar-refractivity contribution in [1.82, 2.24) is 10.2 Å². The second kappa shape index (κ2) is 8.96. The molecule has 1 atom stereocenters. The molecule has 0 aliphatic carbocycles. The minimum Gasteiger partial charge on any atom is -0.392 e. The van der Waals surface area contributed by atoms with E-state index in [2.05, 4.69) is 5.32 Å². The first kappa shape index (κ1) is 23.8. The van der Waals surface area contributed by atoms with Crippen molar-refractivity contribution in [2.45, 2.75) is 33.3 Å². The van der Waals surface area contributed by atoms with Gasteiger partial charge in [-0.15, -0.1) is 0 Å². The van der Waals surface area contributed by atoms with Gasteiger partial charge < -0.3 is 10.4 Å². The van der Waals surface area contributed by atoms with Gasteiger partial charge in [0.1, 0.15) is 0 Å². The maximum Gasteiger partial charge on any atom is 0.266 e. The van der Waals surface area contributed by atoms with E-state index in [0.29, 0.717) is 58.2 Å². The number of para-hydroxylation sites is 1. The first-order valence-electron chi connectivity index (χ1n) is 12.1. The van der Waals surface area contributed by atoms with Crippen LogP contribution in [0.3, 0.4) is 0 Å². The zero-order chi connectivity index (χ0) is 25.7. The van der Waals surface area contributed by atoms with Crippen molar-refractivity contribution < 1.29 is 24.3 Å². The first-order chi connectivity index (χ1) is 17.3. The predicted molar refractivity (Wildman–Crippen MR) is 136 cm³/mol. The van der Waals surface area contributed by atoms with Crippen LogP contribution in [0.25, 0.3) is 10.8 Å². The number of hydrogen-bond donors (Lipinski definition) is 2. The molecule has 2 aliphatic rings. The minimum atomic E-state index is -0.544. The number of carbonyl (C=O) groups is 4. The van der Waals surface area contributed by atoms with Crippen LogP contribution in [-0.4, -0.2) is 59.4 Å². The molecule has 0 spiro atoms. The van der Waals surface area contributed by atoms with Gasteiger partial charge in [-0.05, 0) is 55.7 Å². The highest BCUT2D eigenvalue weighted by atomic mass is 16.3. The van der Waals surface area contributed by atoms with Gasteiger partial charge in [0.25, 0.3) is 23.6 Å². The second-order valence-corrected chi connectivity index (χ2v) is 9.27. The fourth-order valence-electron chi connectivity index (χ4n) is 5.16. The maximum atomic E-state index is 13.7. The molecule has 2 aliphatic heterocycles. The smallest absolute Gasteiger partial charge is 0.266 e. The van der Waals surface area contributed by atoms with Crippen LogP contribution in [0.5, 0.6) is 0 Å². The lowest BCUT2D eigenvalue weighted by Gasteiger charge is -2.33. The summed E-state index contributed by atoms with van der Waals surface area (Å²) in [6, 6.07) is 12.0. The first-order valence-corrected chi connectivity index (χ1v) is 12.1. The van der Waals surface area contributed by atoms with Gasteiger partial charge in [0, 0.05) is 52.7 Å². The molecule has 0 saturated heterocycles. The number of imide groups is 2. The van der Waals surface area contributed by atoms with Crippen LogP contribution in [0.2, 0.25) is 0 Å². The Kier molecular flexibility index (Phi) is 5.94. The van der Waals surface area contributed by atoms with Crippen LogP contribution >= 0.6 is 0 Å². The molecule has 3 aromatic rings. The van der Waals surface area contributed by atoms with Crippen molar-refractivity contribution >= 4 is 40.1 Å². The number of aryl methyl sites for hydroxylation is 2. The summed E-state index contributed by atoms with van der Waals surface area (Å²) >= 11 is 0. The van der Waals surface area contributed by atoms with E-state index in [1.807, 2.05) is 32.0 Å². The minimum absolute atomic E-state index is 0.132. The van der Waals surface area contributed by atoms with Crippen molar-refractivity contribution in [2.75, 3.05) is 24.5 Å². The van der Waals surface area contributed by atoms with Gasteiger partial charge in [0.15, 0.2) is 0 Å². The van der Waals surface area contributed by atoms with E-state index in [4.69, 9.17) is 0 Å². The third kappa shape index (κ3) is 3.53. The second-order valence-electron chi connectivity index (χ2n) is 9.27. The molecule has 5 rings (SSSR count). The van der Waals surface area contributed by atoms with E-state index >= 15 is 0 Å². The van der Waals surface area contributed by atoms with E-state index in [9.17, 15) is 24.3 Å². The number of amides is 4. The van der Waals surface area contributed by atoms with Gasteiger partial charge in [-0.3, -0.25) is 24.1 Å². The summed E-state index contributed by atoms with van der Waals surface area (Å²) in [5, 5.41) is 13.1. The normalized spacial score (nSPS) is 15.8. The average molecular weight is 486 g/mol. The number of anilines is 1. The molecular formula is C28H27N3O5. The summed E-state index contributed by atoms with van der Waals surface area (Å²) in [5.41, 5.74) is 3.45. The summed E-state index contributed by atoms with van der Waals surface area (Å²) < 4.78 is 0. The molecule has 0 bridgehead atoms. The average Bonchev–Trinajstić information content (AvgIpc) is 2.86. The Bertz CT molecular complexity index is 1390. The molecule has 184 valence electrons. The molecule has 8 heteroatoms. The molecular weight excluding hydrogens is 458 g/mol. The fraction of sp³-hybridized carbons (Fsp3) is 0.286.